The van der Waals surface area contributed by atoms with Gasteiger partial charge in [0.2, 0.25) is 0 Å². The maximum absolute atomic E-state index is 12.4. The number of nitrogens with one attached hydrogen (secondary N) is 1. The van der Waals surface area contributed by atoms with Gasteiger partial charge in [-0.3, -0.25) is 15.0 Å². The molecule has 2 aliphatic heterocycles. The molecule has 1 N–H and O–H groups in total. The first kappa shape index (κ1) is 16.1. The molecule has 1 aromatic rings. The maximum Gasteiger partial charge on any atom is 0.411 e. The van der Waals surface area contributed by atoms with Crippen molar-refractivity contribution >= 4 is 23.7 Å². The molecular formula is C16H19N3O5. The van der Waals surface area contributed by atoms with E-state index in [-0.39, 0.29) is 24.5 Å². The number of urea groups is 1. The Labute approximate surface area is 139 Å². The molecule has 8 nitrogen and oxygen atoms in total. The van der Waals surface area contributed by atoms with E-state index in [1.54, 1.807) is 23.1 Å². The monoisotopic (exact) mass is 333 g/mol. The van der Waals surface area contributed by atoms with Crippen molar-refractivity contribution in [2.45, 2.75) is 25.4 Å². The van der Waals surface area contributed by atoms with Gasteiger partial charge in [-0.05, 0) is 30.5 Å². The first-order valence-corrected chi connectivity index (χ1v) is 7.69. The van der Waals surface area contributed by atoms with Crippen molar-refractivity contribution in [3.8, 4) is 5.75 Å². The van der Waals surface area contributed by atoms with E-state index >= 15 is 0 Å². The minimum absolute atomic E-state index is 0.157. The highest BCUT2D eigenvalue weighted by Crippen LogP contribution is 2.30. The smallest absolute Gasteiger partial charge is 0.411 e. The van der Waals surface area contributed by atoms with Crippen molar-refractivity contribution in [3.05, 3.63) is 23.8 Å². The van der Waals surface area contributed by atoms with Crippen molar-refractivity contribution in [1.82, 2.24) is 9.80 Å². The van der Waals surface area contributed by atoms with E-state index in [0.29, 0.717) is 23.5 Å². The average molecular weight is 333 g/mol. The van der Waals surface area contributed by atoms with Gasteiger partial charge >= 0.3 is 12.1 Å². The molecule has 1 unspecified atom stereocenters. The molecule has 0 spiro atoms. The highest BCUT2D eigenvalue weighted by molar-refractivity contribution is 6.04. The molecule has 0 bridgehead atoms. The van der Waals surface area contributed by atoms with Crippen molar-refractivity contribution in [3.63, 3.8) is 0 Å². The van der Waals surface area contributed by atoms with Crippen LogP contribution >= 0.6 is 0 Å². The Morgan fingerprint density at radius 3 is 2.79 bits per heavy atom. The summed E-state index contributed by atoms with van der Waals surface area (Å²) >= 11 is 0. The molecule has 0 aliphatic carbocycles. The summed E-state index contributed by atoms with van der Waals surface area (Å²) in [5, 5.41) is 2.55. The molecule has 0 saturated carbocycles. The number of anilines is 1. The van der Waals surface area contributed by atoms with Crippen molar-refractivity contribution in [2.24, 2.45) is 0 Å². The summed E-state index contributed by atoms with van der Waals surface area (Å²) in [6, 6.07) is 4.53. The van der Waals surface area contributed by atoms with Gasteiger partial charge in [0.25, 0.3) is 5.91 Å². The van der Waals surface area contributed by atoms with Crippen LogP contribution in [0.4, 0.5) is 15.3 Å². The van der Waals surface area contributed by atoms with E-state index in [1.165, 1.54) is 19.1 Å². The van der Waals surface area contributed by atoms with Crippen molar-refractivity contribution < 1.29 is 23.9 Å². The largest absolute Gasteiger partial charge is 0.495 e. The fourth-order valence-corrected chi connectivity index (χ4v) is 3.12. The van der Waals surface area contributed by atoms with Crippen LogP contribution in [0.1, 0.15) is 18.4 Å². The third kappa shape index (κ3) is 2.75. The normalized spacial score (nSPS) is 19.5. The van der Waals surface area contributed by atoms with Crippen LogP contribution in [-0.2, 0) is 16.1 Å². The first-order valence-electron chi connectivity index (χ1n) is 7.69. The second kappa shape index (κ2) is 6.38. The summed E-state index contributed by atoms with van der Waals surface area (Å²) in [4.78, 5) is 39.0. The standard InChI is InChI=1S/C16H19N3O5/c1-23-13-6-5-10(8-11(13)17-15(21)24-2)9-19-14(20)12-4-3-7-18(12)16(19)22/h5-6,8,12H,3-4,7,9H2,1-2H3,(H,17,21). The molecule has 1 aromatic carbocycles. The summed E-state index contributed by atoms with van der Waals surface area (Å²) in [5.41, 5.74) is 1.13. The van der Waals surface area contributed by atoms with Crippen molar-refractivity contribution in [2.75, 3.05) is 26.1 Å². The number of carbonyl (C=O) groups is 3. The number of hydrogen-bond donors (Lipinski definition) is 1. The Morgan fingerprint density at radius 1 is 1.33 bits per heavy atom. The average Bonchev–Trinajstić information content (AvgIpc) is 3.15. The highest BCUT2D eigenvalue weighted by Gasteiger charge is 2.47. The van der Waals surface area contributed by atoms with Crippen molar-refractivity contribution in [1.29, 1.82) is 0 Å². The maximum atomic E-state index is 12.4. The number of imide groups is 1. The topological polar surface area (TPSA) is 88.2 Å². The van der Waals surface area contributed by atoms with Crippen LogP contribution in [0, 0.1) is 0 Å². The van der Waals surface area contributed by atoms with Gasteiger partial charge in [0.15, 0.2) is 0 Å². The molecular weight excluding hydrogens is 314 g/mol. The number of benzene rings is 1. The van der Waals surface area contributed by atoms with Crippen LogP contribution in [0.15, 0.2) is 18.2 Å². The lowest BCUT2D eigenvalue weighted by molar-refractivity contribution is -0.128. The molecule has 24 heavy (non-hydrogen) atoms. The first-order chi connectivity index (χ1) is 11.5. The molecule has 4 amide bonds. The number of nitrogens with zero attached hydrogens (tertiary/aromatic N) is 2. The number of ether oxygens (including phenoxy) is 2. The van der Waals surface area contributed by atoms with Gasteiger partial charge in [-0.2, -0.15) is 0 Å². The lowest BCUT2D eigenvalue weighted by Crippen LogP contribution is -2.32. The van der Waals surface area contributed by atoms with Crippen LogP contribution in [0.25, 0.3) is 0 Å². The summed E-state index contributed by atoms with van der Waals surface area (Å²) in [6.07, 6.45) is 0.962. The number of methoxy groups -OCH3 is 2. The van der Waals surface area contributed by atoms with Crippen LogP contribution in [0.3, 0.4) is 0 Å². The summed E-state index contributed by atoms with van der Waals surface area (Å²) in [5.74, 6) is 0.305. The molecule has 3 rings (SSSR count). The number of fused-ring (bicyclic) bond motifs is 1. The fraction of sp³-hybridized carbons (Fsp3) is 0.438. The Morgan fingerprint density at radius 2 is 2.12 bits per heavy atom. The van der Waals surface area contributed by atoms with E-state index in [4.69, 9.17) is 4.74 Å². The van der Waals surface area contributed by atoms with E-state index < -0.39 is 6.09 Å². The molecule has 2 saturated heterocycles. The Bertz CT molecular complexity index is 668. The predicted molar refractivity (Wildman–Crippen MR) is 84.7 cm³/mol. The number of rotatable bonds is 4. The Kier molecular flexibility index (Phi) is 4.28. The molecule has 8 heteroatoms. The van der Waals surface area contributed by atoms with E-state index in [2.05, 4.69) is 10.1 Å². The number of carbonyl (C=O) groups excluding carboxylic acids is 3. The van der Waals surface area contributed by atoms with Gasteiger partial charge in [-0.15, -0.1) is 0 Å². The van der Waals surface area contributed by atoms with Crippen LogP contribution < -0.4 is 10.1 Å². The zero-order valence-electron chi connectivity index (χ0n) is 13.6. The molecule has 2 fully saturated rings. The number of hydrogen-bond acceptors (Lipinski definition) is 5. The Balaban J connectivity index is 1.80. The summed E-state index contributed by atoms with van der Waals surface area (Å²) in [6.45, 7) is 0.786. The molecule has 0 radical (unpaired) electrons. The number of amides is 4. The van der Waals surface area contributed by atoms with E-state index in [9.17, 15) is 14.4 Å². The van der Waals surface area contributed by atoms with Gasteiger partial charge in [-0.1, -0.05) is 6.07 Å². The highest BCUT2D eigenvalue weighted by atomic mass is 16.5. The fourth-order valence-electron chi connectivity index (χ4n) is 3.12. The second-order valence-corrected chi connectivity index (χ2v) is 5.71. The third-order valence-corrected chi connectivity index (χ3v) is 4.31. The minimum atomic E-state index is -0.626. The second-order valence-electron chi connectivity index (χ2n) is 5.71. The van der Waals surface area contributed by atoms with Crippen LogP contribution in [0.5, 0.6) is 5.75 Å². The molecule has 128 valence electrons. The third-order valence-electron chi connectivity index (χ3n) is 4.31. The van der Waals surface area contributed by atoms with Crippen LogP contribution in [-0.4, -0.2) is 54.6 Å². The summed E-state index contributed by atoms with van der Waals surface area (Å²) in [7, 11) is 2.75. The van der Waals surface area contributed by atoms with Gasteiger partial charge < -0.3 is 14.4 Å². The van der Waals surface area contributed by atoms with Crippen LogP contribution in [0.2, 0.25) is 0 Å². The van der Waals surface area contributed by atoms with Gasteiger partial charge in [0, 0.05) is 6.54 Å². The quantitative estimate of drug-likeness (QED) is 0.849. The summed E-state index contributed by atoms with van der Waals surface area (Å²) < 4.78 is 9.77. The predicted octanol–water partition coefficient (Wildman–Crippen LogP) is 1.80. The SMILES string of the molecule is COC(=O)Nc1cc(CN2C(=O)C3CCCN3C2=O)ccc1OC. The molecule has 0 aromatic heterocycles. The lowest BCUT2D eigenvalue weighted by Gasteiger charge is -2.17. The van der Waals surface area contributed by atoms with E-state index in [1.807, 2.05) is 0 Å². The zero-order chi connectivity index (χ0) is 17.3. The van der Waals surface area contributed by atoms with Gasteiger partial charge in [-0.25, -0.2) is 9.59 Å². The Hall–Kier alpha value is -2.77. The van der Waals surface area contributed by atoms with Gasteiger partial charge in [0.1, 0.15) is 11.8 Å². The van der Waals surface area contributed by atoms with Gasteiger partial charge in [0.05, 0.1) is 26.5 Å². The molecule has 2 heterocycles. The molecule has 2 aliphatic rings. The zero-order valence-corrected chi connectivity index (χ0v) is 13.6. The molecule has 1 atom stereocenters. The lowest BCUT2D eigenvalue weighted by atomic mass is 10.1. The minimum Gasteiger partial charge on any atom is -0.495 e. The van der Waals surface area contributed by atoms with E-state index in [0.717, 1.165) is 12.8 Å².